The summed E-state index contributed by atoms with van der Waals surface area (Å²) in [6, 6.07) is 0.327. The Kier molecular flexibility index (Phi) is 6.27. The molecule has 0 bridgehead atoms. The molecular weight excluding hydrogens is 252 g/mol. The van der Waals surface area contributed by atoms with E-state index in [2.05, 4.69) is 30.7 Å². The van der Waals surface area contributed by atoms with Gasteiger partial charge in [0.1, 0.15) is 0 Å². The maximum atomic E-state index is 10.1. The number of aliphatic hydroxyl groups excluding tert-OH is 1. The molecule has 0 aromatic rings. The van der Waals surface area contributed by atoms with Gasteiger partial charge in [-0.15, -0.1) is 0 Å². The van der Waals surface area contributed by atoms with E-state index in [0.29, 0.717) is 18.1 Å². The standard InChI is InChI=1S/C16H32N2O2/c1-13(2)10-18-8-9-20-14(12-18)11-17(3)15-6-4-5-7-16(15)19/h13-16,19H,4-12H2,1-3H3. The number of hydrogen-bond acceptors (Lipinski definition) is 4. The van der Waals surface area contributed by atoms with Crippen molar-refractivity contribution in [2.45, 2.75) is 57.8 Å². The van der Waals surface area contributed by atoms with E-state index in [1.807, 2.05) is 0 Å². The van der Waals surface area contributed by atoms with Gasteiger partial charge in [0.05, 0.1) is 18.8 Å². The van der Waals surface area contributed by atoms with Gasteiger partial charge in [0.15, 0.2) is 0 Å². The molecule has 2 rings (SSSR count). The van der Waals surface area contributed by atoms with Crippen LogP contribution in [-0.2, 0) is 4.74 Å². The second kappa shape index (κ2) is 7.74. The van der Waals surface area contributed by atoms with E-state index >= 15 is 0 Å². The maximum absolute atomic E-state index is 10.1. The number of hydrogen-bond donors (Lipinski definition) is 1. The lowest BCUT2D eigenvalue weighted by molar-refractivity contribution is -0.0593. The Labute approximate surface area is 124 Å². The van der Waals surface area contributed by atoms with Gasteiger partial charge in [0.2, 0.25) is 0 Å². The van der Waals surface area contributed by atoms with E-state index in [4.69, 9.17) is 4.74 Å². The summed E-state index contributed by atoms with van der Waals surface area (Å²) in [7, 11) is 2.14. The molecule has 0 aromatic carbocycles. The summed E-state index contributed by atoms with van der Waals surface area (Å²) in [4.78, 5) is 4.84. The Morgan fingerprint density at radius 1 is 1.30 bits per heavy atom. The second-order valence-electron chi connectivity index (χ2n) is 7.00. The second-order valence-corrected chi connectivity index (χ2v) is 7.00. The number of ether oxygens (including phenoxy) is 1. The van der Waals surface area contributed by atoms with E-state index < -0.39 is 0 Å². The lowest BCUT2D eigenvalue weighted by Gasteiger charge is -2.40. The molecule has 1 aliphatic carbocycles. The summed E-state index contributed by atoms with van der Waals surface area (Å²) >= 11 is 0. The van der Waals surface area contributed by atoms with Crippen LogP contribution >= 0.6 is 0 Å². The molecule has 118 valence electrons. The van der Waals surface area contributed by atoms with Crippen molar-refractivity contribution in [3.05, 3.63) is 0 Å². The fourth-order valence-electron chi connectivity index (χ4n) is 3.64. The highest BCUT2D eigenvalue weighted by Gasteiger charge is 2.29. The largest absolute Gasteiger partial charge is 0.391 e. The minimum Gasteiger partial charge on any atom is -0.391 e. The van der Waals surface area contributed by atoms with Crippen LogP contribution in [0.2, 0.25) is 0 Å². The van der Waals surface area contributed by atoms with Crippen LogP contribution in [0.5, 0.6) is 0 Å². The van der Waals surface area contributed by atoms with Gasteiger partial charge in [-0.3, -0.25) is 9.80 Å². The van der Waals surface area contributed by atoms with Gasteiger partial charge in [-0.2, -0.15) is 0 Å². The van der Waals surface area contributed by atoms with Crippen molar-refractivity contribution in [2.24, 2.45) is 5.92 Å². The van der Waals surface area contributed by atoms with Crippen molar-refractivity contribution >= 4 is 0 Å². The third-order valence-electron chi connectivity index (χ3n) is 4.60. The monoisotopic (exact) mass is 284 g/mol. The van der Waals surface area contributed by atoms with Gasteiger partial charge in [-0.05, 0) is 25.8 Å². The number of rotatable bonds is 5. The van der Waals surface area contributed by atoms with E-state index in [1.54, 1.807) is 0 Å². The van der Waals surface area contributed by atoms with Crippen molar-refractivity contribution in [2.75, 3.05) is 39.8 Å². The van der Waals surface area contributed by atoms with E-state index in [-0.39, 0.29) is 6.10 Å². The molecule has 1 N–H and O–H groups in total. The lowest BCUT2D eigenvalue weighted by atomic mass is 9.91. The van der Waals surface area contributed by atoms with Crippen LogP contribution in [0.15, 0.2) is 0 Å². The summed E-state index contributed by atoms with van der Waals surface area (Å²) < 4.78 is 5.92. The molecular formula is C16H32N2O2. The summed E-state index contributed by atoms with van der Waals surface area (Å²) in [5.41, 5.74) is 0. The van der Waals surface area contributed by atoms with Gasteiger partial charge >= 0.3 is 0 Å². The molecule has 20 heavy (non-hydrogen) atoms. The Hall–Kier alpha value is -0.160. The van der Waals surface area contributed by atoms with Crippen molar-refractivity contribution < 1.29 is 9.84 Å². The molecule has 4 heteroatoms. The van der Waals surface area contributed by atoms with Crippen molar-refractivity contribution in [1.29, 1.82) is 0 Å². The van der Waals surface area contributed by atoms with Gasteiger partial charge in [-0.1, -0.05) is 26.7 Å². The maximum Gasteiger partial charge on any atom is 0.0829 e. The number of nitrogens with zero attached hydrogens (tertiary/aromatic N) is 2. The first-order valence-electron chi connectivity index (χ1n) is 8.28. The third kappa shape index (κ3) is 4.69. The molecule has 1 aliphatic heterocycles. The number of likely N-dealkylation sites (N-methyl/N-ethyl adjacent to an activating group) is 1. The van der Waals surface area contributed by atoms with Crippen LogP contribution in [0.4, 0.5) is 0 Å². The van der Waals surface area contributed by atoms with E-state index in [0.717, 1.165) is 45.6 Å². The molecule has 2 aliphatic rings. The number of aliphatic hydroxyl groups is 1. The van der Waals surface area contributed by atoms with Crippen LogP contribution in [0.25, 0.3) is 0 Å². The van der Waals surface area contributed by atoms with Crippen LogP contribution < -0.4 is 0 Å². The molecule has 3 atom stereocenters. The van der Waals surface area contributed by atoms with E-state index in [9.17, 15) is 5.11 Å². The summed E-state index contributed by atoms with van der Waals surface area (Å²) in [6.07, 6.45) is 4.65. The Bertz CT molecular complexity index is 286. The zero-order valence-electron chi connectivity index (χ0n) is 13.4. The molecule has 0 spiro atoms. The Morgan fingerprint density at radius 2 is 2.05 bits per heavy atom. The van der Waals surface area contributed by atoms with Crippen molar-refractivity contribution in [3.8, 4) is 0 Å². The highest BCUT2D eigenvalue weighted by molar-refractivity contribution is 4.84. The molecule has 4 nitrogen and oxygen atoms in total. The van der Waals surface area contributed by atoms with Crippen LogP contribution in [-0.4, -0.2) is 73.0 Å². The smallest absolute Gasteiger partial charge is 0.0829 e. The molecule has 3 unspecified atom stereocenters. The average molecular weight is 284 g/mol. The van der Waals surface area contributed by atoms with Gasteiger partial charge in [-0.25, -0.2) is 0 Å². The normalized spacial score (nSPS) is 33.0. The summed E-state index contributed by atoms with van der Waals surface area (Å²) in [6.45, 7) is 9.59. The molecule has 0 amide bonds. The molecule has 1 saturated heterocycles. The van der Waals surface area contributed by atoms with Gasteiger partial charge in [0, 0.05) is 32.2 Å². The Balaban J connectivity index is 1.79. The van der Waals surface area contributed by atoms with Crippen LogP contribution in [0.3, 0.4) is 0 Å². The predicted molar refractivity (Wildman–Crippen MR) is 81.9 cm³/mol. The molecule has 2 fully saturated rings. The minimum atomic E-state index is -0.149. The molecule has 1 saturated carbocycles. The minimum absolute atomic E-state index is 0.149. The quantitative estimate of drug-likeness (QED) is 0.831. The molecule has 1 heterocycles. The zero-order valence-corrected chi connectivity index (χ0v) is 13.4. The molecule has 0 aromatic heterocycles. The van der Waals surface area contributed by atoms with Gasteiger partial charge in [0.25, 0.3) is 0 Å². The fourth-order valence-corrected chi connectivity index (χ4v) is 3.64. The lowest BCUT2D eigenvalue weighted by Crippen LogP contribution is -2.51. The average Bonchev–Trinajstić information content (AvgIpc) is 2.38. The van der Waals surface area contributed by atoms with Crippen molar-refractivity contribution in [3.63, 3.8) is 0 Å². The Morgan fingerprint density at radius 3 is 2.75 bits per heavy atom. The third-order valence-corrected chi connectivity index (χ3v) is 4.60. The first kappa shape index (κ1) is 16.2. The zero-order chi connectivity index (χ0) is 14.5. The fraction of sp³-hybridized carbons (Fsp3) is 1.00. The highest BCUT2D eigenvalue weighted by Crippen LogP contribution is 2.23. The SMILES string of the molecule is CC(C)CN1CCOC(CN(C)C2CCCCC2O)C1. The summed E-state index contributed by atoms with van der Waals surface area (Å²) in [5, 5.41) is 10.1. The molecule has 0 radical (unpaired) electrons. The van der Waals surface area contributed by atoms with Crippen LogP contribution in [0.1, 0.15) is 39.5 Å². The summed E-state index contributed by atoms with van der Waals surface area (Å²) in [5.74, 6) is 0.714. The van der Waals surface area contributed by atoms with Crippen molar-refractivity contribution in [1.82, 2.24) is 9.80 Å². The van der Waals surface area contributed by atoms with E-state index in [1.165, 1.54) is 12.8 Å². The van der Waals surface area contributed by atoms with Crippen LogP contribution in [0, 0.1) is 5.92 Å². The first-order valence-corrected chi connectivity index (χ1v) is 8.28. The predicted octanol–water partition coefficient (Wildman–Crippen LogP) is 1.58. The highest BCUT2D eigenvalue weighted by atomic mass is 16.5. The van der Waals surface area contributed by atoms with Gasteiger partial charge < -0.3 is 9.84 Å². The number of morpholine rings is 1. The topological polar surface area (TPSA) is 35.9 Å². The first-order chi connectivity index (χ1) is 9.56.